The number of rotatable bonds is 7. The molecule has 2 N–H and O–H groups in total. The van der Waals surface area contributed by atoms with Crippen LogP contribution in [0.3, 0.4) is 0 Å². The molecule has 0 spiro atoms. The Morgan fingerprint density at radius 2 is 1.62 bits per heavy atom. The second kappa shape index (κ2) is 10.0. The first-order valence-corrected chi connectivity index (χ1v) is 9.49. The van der Waals surface area contributed by atoms with E-state index in [1.54, 1.807) is 0 Å². The maximum absolute atomic E-state index is 5.60. The highest BCUT2D eigenvalue weighted by Gasteiger charge is 2.15. The van der Waals surface area contributed by atoms with Crippen molar-refractivity contribution in [3.8, 4) is 0 Å². The fourth-order valence-corrected chi connectivity index (χ4v) is 3.11. The number of hydrazone groups is 1. The van der Waals surface area contributed by atoms with E-state index < -0.39 is 0 Å². The van der Waals surface area contributed by atoms with Crippen molar-refractivity contribution in [3.63, 3.8) is 0 Å². The Labute approximate surface area is 160 Å². The Balaban J connectivity index is 1.59. The van der Waals surface area contributed by atoms with E-state index in [1.807, 2.05) is 12.1 Å². The van der Waals surface area contributed by atoms with Crippen molar-refractivity contribution in [2.24, 2.45) is 5.10 Å². The largest absolute Gasteiger partial charge is 0.376 e. The lowest BCUT2D eigenvalue weighted by Crippen LogP contribution is -2.37. The highest BCUT2D eigenvalue weighted by Crippen LogP contribution is 2.10. The van der Waals surface area contributed by atoms with Crippen LogP contribution in [0.5, 0.6) is 0 Å². The number of hydrogen-bond donors (Lipinski definition) is 2. The van der Waals surface area contributed by atoms with E-state index in [9.17, 15) is 0 Å². The normalized spacial score (nSPS) is 16.1. The summed E-state index contributed by atoms with van der Waals surface area (Å²) in [5.74, 6) is 0. The first-order valence-electron chi connectivity index (χ1n) is 9.08. The smallest absolute Gasteiger partial charge is 0.187 e. The Hall–Kier alpha value is -2.24. The minimum atomic E-state index is 0.256. The van der Waals surface area contributed by atoms with Gasteiger partial charge in [-0.1, -0.05) is 60.7 Å². The molecule has 3 rings (SSSR count). The van der Waals surface area contributed by atoms with E-state index in [4.69, 9.17) is 17.0 Å². The van der Waals surface area contributed by atoms with Crippen molar-refractivity contribution in [1.82, 2.24) is 10.7 Å². The zero-order valence-electron chi connectivity index (χ0n) is 14.9. The van der Waals surface area contributed by atoms with Gasteiger partial charge in [-0.15, -0.1) is 0 Å². The predicted molar refractivity (Wildman–Crippen MR) is 110 cm³/mol. The third-order valence-electron chi connectivity index (χ3n) is 4.33. The predicted octanol–water partition coefficient (Wildman–Crippen LogP) is 3.47. The minimum Gasteiger partial charge on any atom is -0.376 e. The van der Waals surface area contributed by atoms with Crippen LogP contribution in [0.1, 0.15) is 24.0 Å². The molecule has 0 bridgehead atoms. The highest BCUT2D eigenvalue weighted by atomic mass is 32.1. The van der Waals surface area contributed by atoms with E-state index in [1.165, 1.54) is 11.1 Å². The zero-order valence-corrected chi connectivity index (χ0v) is 15.7. The summed E-state index contributed by atoms with van der Waals surface area (Å²) in [7, 11) is 0. The van der Waals surface area contributed by atoms with Gasteiger partial charge >= 0.3 is 0 Å². The maximum atomic E-state index is 5.60. The van der Waals surface area contributed by atoms with E-state index in [0.717, 1.165) is 44.5 Å². The Morgan fingerprint density at radius 1 is 1.00 bits per heavy atom. The Bertz CT molecular complexity index is 669. The van der Waals surface area contributed by atoms with E-state index in [-0.39, 0.29) is 6.10 Å². The van der Waals surface area contributed by atoms with Gasteiger partial charge in [0.15, 0.2) is 5.11 Å². The van der Waals surface area contributed by atoms with Gasteiger partial charge in [0.05, 0.1) is 6.10 Å². The third-order valence-corrected chi connectivity index (χ3v) is 4.57. The molecule has 0 unspecified atom stereocenters. The number of nitrogens with zero attached hydrogens (tertiary/aromatic N) is 1. The molecule has 4 nitrogen and oxygen atoms in total. The van der Waals surface area contributed by atoms with Crippen molar-refractivity contribution >= 4 is 23.0 Å². The van der Waals surface area contributed by atoms with Gasteiger partial charge in [0.25, 0.3) is 0 Å². The van der Waals surface area contributed by atoms with Gasteiger partial charge < -0.3 is 10.1 Å². The molecule has 136 valence electrons. The van der Waals surface area contributed by atoms with Gasteiger partial charge in [-0.3, -0.25) is 5.43 Å². The fraction of sp³-hybridized carbons (Fsp3) is 0.333. The lowest BCUT2D eigenvalue weighted by molar-refractivity contribution is 0.114. The van der Waals surface area contributed by atoms with Crippen LogP contribution < -0.4 is 10.7 Å². The van der Waals surface area contributed by atoms with Crippen LogP contribution >= 0.6 is 12.2 Å². The number of benzene rings is 2. The van der Waals surface area contributed by atoms with Gasteiger partial charge in [0, 0.05) is 31.7 Å². The average molecular weight is 368 g/mol. The average Bonchev–Trinajstić information content (AvgIpc) is 3.20. The van der Waals surface area contributed by atoms with Crippen molar-refractivity contribution < 1.29 is 4.74 Å². The van der Waals surface area contributed by atoms with Gasteiger partial charge in [-0.25, -0.2) is 0 Å². The lowest BCUT2D eigenvalue weighted by Gasteiger charge is -2.13. The SMILES string of the molecule is S=C(NC[C@@H]1CCCO1)NN=C(Cc1ccccc1)Cc1ccccc1. The molecule has 0 amide bonds. The summed E-state index contributed by atoms with van der Waals surface area (Å²) >= 11 is 5.35. The van der Waals surface area contributed by atoms with Crippen molar-refractivity contribution in [3.05, 3.63) is 71.8 Å². The summed E-state index contributed by atoms with van der Waals surface area (Å²) in [4.78, 5) is 0. The standard InChI is InChI=1S/C21H25N3OS/c26-21(22-16-20-12-7-13-25-20)24-23-19(14-17-8-3-1-4-9-17)15-18-10-5-2-6-11-18/h1-6,8-11,20H,7,12-16H2,(H2,22,24,26)/t20-/m0/s1. The van der Waals surface area contributed by atoms with Gasteiger partial charge in [-0.2, -0.15) is 5.10 Å². The Morgan fingerprint density at radius 3 is 2.15 bits per heavy atom. The molecular formula is C21H25N3OS. The van der Waals surface area contributed by atoms with Gasteiger partial charge in [0.1, 0.15) is 0 Å². The van der Waals surface area contributed by atoms with E-state index >= 15 is 0 Å². The molecule has 0 radical (unpaired) electrons. The summed E-state index contributed by atoms with van der Waals surface area (Å²) < 4.78 is 5.60. The second-order valence-corrected chi connectivity index (χ2v) is 6.87. The maximum Gasteiger partial charge on any atom is 0.187 e. The van der Waals surface area contributed by atoms with Crippen LogP contribution in [0.2, 0.25) is 0 Å². The van der Waals surface area contributed by atoms with Crippen molar-refractivity contribution in [1.29, 1.82) is 0 Å². The van der Waals surface area contributed by atoms with Crippen LogP contribution in [-0.2, 0) is 17.6 Å². The first-order chi connectivity index (χ1) is 12.8. The number of thiocarbonyl (C=S) groups is 1. The lowest BCUT2D eigenvalue weighted by atomic mass is 10.0. The van der Waals surface area contributed by atoms with Crippen molar-refractivity contribution in [2.75, 3.05) is 13.2 Å². The summed E-state index contributed by atoms with van der Waals surface area (Å²) in [6.07, 6.45) is 4.05. The molecule has 1 fully saturated rings. The zero-order chi connectivity index (χ0) is 18.0. The topological polar surface area (TPSA) is 45.6 Å². The Kier molecular flexibility index (Phi) is 7.16. The van der Waals surface area contributed by atoms with Crippen LogP contribution in [-0.4, -0.2) is 30.1 Å². The second-order valence-electron chi connectivity index (χ2n) is 6.46. The first kappa shape index (κ1) is 18.5. The molecule has 2 aromatic rings. The van der Waals surface area contributed by atoms with Crippen molar-refractivity contribution in [2.45, 2.75) is 31.8 Å². The number of hydrogen-bond acceptors (Lipinski definition) is 3. The highest BCUT2D eigenvalue weighted by molar-refractivity contribution is 7.80. The van der Waals surface area contributed by atoms with E-state index in [2.05, 4.69) is 64.4 Å². The number of nitrogens with one attached hydrogen (secondary N) is 2. The third kappa shape index (κ3) is 6.24. The van der Waals surface area contributed by atoms with Crippen LogP contribution in [0.25, 0.3) is 0 Å². The van der Waals surface area contributed by atoms with E-state index in [0.29, 0.717) is 5.11 Å². The molecule has 1 heterocycles. The molecule has 26 heavy (non-hydrogen) atoms. The molecule has 5 heteroatoms. The molecule has 0 aliphatic carbocycles. The summed E-state index contributed by atoms with van der Waals surface area (Å²) in [5.41, 5.74) is 6.52. The summed E-state index contributed by atoms with van der Waals surface area (Å²) in [6, 6.07) is 20.7. The molecule has 1 aliphatic rings. The quantitative estimate of drug-likeness (QED) is 0.447. The van der Waals surface area contributed by atoms with Gasteiger partial charge in [0.2, 0.25) is 0 Å². The fourth-order valence-electron chi connectivity index (χ4n) is 2.99. The monoisotopic (exact) mass is 367 g/mol. The summed E-state index contributed by atoms with van der Waals surface area (Å²) in [5, 5.41) is 8.32. The minimum absolute atomic E-state index is 0.256. The molecule has 0 saturated carbocycles. The molecular weight excluding hydrogens is 342 g/mol. The van der Waals surface area contributed by atoms with Gasteiger partial charge in [-0.05, 0) is 36.2 Å². The molecule has 1 saturated heterocycles. The van der Waals surface area contributed by atoms with Crippen LogP contribution in [0, 0.1) is 0 Å². The molecule has 1 atom stereocenters. The molecule has 2 aromatic carbocycles. The molecule has 0 aromatic heterocycles. The number of ether oxygens (including phenoxy) is 1. The van der Waals surface area contributed by atoms with Crippen LogP contribution in [0.15, 0.2) is 65.8 Å². The molecule has 1 aliphatic heterocycles. The summed E-state index contributed by atoms with van der Waals surface area (Å²) in [6.45, 7) is 1.58. The van der Waals surface area contributed by atoms with Crippen LogP contribution in [0.4, 0.5) is 0 Å².